The minimum absolute atomic E-state index is 0.0916. The maximum Gasteiger partial charge on any atom is 0.327 e. The quantitative estimate of drug-likeness (QED) is 0.918. The third-order valence-electron chi connectivity index (χ3n) is 2.96. The summed E-state index contributed by atoms with van der Waals surface area (Å²) in [7, 11) is 1.63. The molecule has 100 valence electrons. The maximum atomic E-state index is 12.0. The van der Waals surface area contributed by atoms with Gasteiger partial charge < -0.3 is 10.1 Å². The average molecular weight is 259 g/mol. The van der Waals surface area contributed by atoms with Gasteiger partial charge in [0.05, 0.1) is 13.2 Å². The van der Waals surface area contributed by atoms with Gasteiger partial charge in [-0.3, -0.25) is 4.57 Å². The van der Waals surface area contributed by atoms with Crippen molar-refractivity contribution in [2.24, 2.45) is 0 Å². The van der Waals surface area contributed by atoms with Crippen LogP contribution in [0.4, 0.5) is 4.79 Å². The molecule has 1 aromatic carbocycles. The van der Waals surface area contributed by atoms with E-state index in [2.05, 4.69) is 10.3 Å². The van der Waals surface area contributed by atoms with Gasteiger partial charge in [-0.25, -0.2) is 9.78 Å². The van der Waals surface area contributed by atoms with Gasteiger partial charge in [0.25, 0.3) is 0 Å². The number of hydrogen-bond acceptors (Lipinski definition) is 3. The highest BCUT2D eigenvalue weighted by molar-refractivity contribution is 5.77. The van der Waals surface area contributed by atoms with E-state index in [0.29, 0.717) is 0 Å². The zero-order chi connectivity index (χ0) is 13.7. The first-order valence-electron chi connectivity index (χ1n) is 6.18. The molecular formula is C14H17N3O2. The standard InChI is InChI=1S/C14H17N3O2/c1-3-12(11-6-4-5-7-13(11)19-2)16-14(18)17-9-8-15-10-17/h4-10,12H,3H2,1-2H3,(H,16,18). The number of carbonyl (C=O) groups is 1. The number of amides is 1. The van der Waals surface area contributed by atoms with E-state index in [1.165, 1.54) is 10.9 Å². The van der Waals surface area contributed by atoms with Gasteiger partial charge in [-0.2, -0.15) is 0 Å². The molecule has 1 amide bonds. The van der Waals surface area contributed by atoms with E-state index < -0.39 is 0 Å². The monoisotopic (exact) mass is 259 g/mol. The van der Waals surface area contributed by atoms with Crippen LogP contribution in [0.3, 0.4) is 0 Å². The zero-order valence-electron chi connectivity index (χ0n) is 11.0. The van der Waals surface area contributed by atoms with Crippen LogP contribution in [0, 0.1) is 0 Å². The van der Waals surface area contributed by atoms with Crippen molar-refractivity contribution in [1.29, 1.82) is 0 Å². The molecule has 1 aromatic heterocycles. The lowest BCUT2D eigenvalue weighted by Crippen LogP contribution is -2.31. The van der Waals surface area contributed by atoms with Crippen molar-refractivity contribution in [3.8, 4) is 5.75 Å². The third-order valence-corrected chi connectivity index (χ3v) is 2.96. The normalized spacial score (nSPS) is 11.9. The topological polar surface area (TPSA) is 56.2 Å². The Morgan fingerprint density at radius 3 is 2.89 bits per heavy atom. The van der Waals surface area contributed by atoms with Gasteiger partial charge >= 0.3 is 6.03 Å². The first-order chi connectivity index (χ1) is 9.26. The summed E-state index contributed by atoms with van der Waals surface area (Å²) in [4.78, 5) is 15.9. The molecule has 2 rings (SSSR count). The van der Waals surface area contributed by atoms with Gasteiger partial charge in [-0.05, 0) is 12.5 Å². The fourth-order valence-corrected chi connectivity index (χ4v) is 1.96. The predicted octanol–water partition coefficient (Wildman–Crippen LogP) is 2.60. The lowest BCUT2D eigenvalue weighted by molar-refractivity contribution is 0.238. The van der Waals surface area contributed by atoms with Crippen LogP contribution in [0.1, 0.15) is 24.9 Å². The van der Waals surface area contributed by atoms with Crippen molar-refractivity contribution in [3.05, 3.63) is 48.5 Å². The summed E-state index contributed by atoms with van der Waals surface area (Å²) in [5, 5.41) is 2.96. The number of para-hydroxylation sites is 1. The Kier molecular flexibility index (Phi) is 4.18. The van der Waals surface area contributed by atoms with Gasteiger partial charge in [0.15, 0.2) is 0 Å². The lowest BCUT2D eigenvalue weighted by atomic mass is 10.0. The molecule has 0 aliphatic carbocycles. The predicted molar refractivity (Wildman–Crippen MR) is 72.2 cm³/mol. The molecule has 1 N–H and O–H groups in total. The molecule has 5 nitrogen and oxygen atoms in total. The maximum absolute atomic E-state index is 12.0. The summed E-state index contributed by atoms with van der Waals surface area (Å²) in [6, 6.07) is 7.40. The molecule has 0 spiro atoms. The van der Waals surface area contributed by atoms with Gasteiger partial charge in [0, 0.05) is 18.0 Å². The first-order valence-corrected chi connectivity index (χ1v) is 6.18. The van der Waals surface area contributed by atoms with Crippen LogP contribution in [-0.4, -0.2) is 22.7 Å². The van der Waals surface area contributed by atoms with Gasteiger partial charge in [0.2, 0.25) is 0 Å². The number of ether oxygens (including phenoxy) is 1. The molecule has 0 fully saturated rings. The number of methoxy groups -OCH3 is 1. The Balaban J connectivity index is 2.18. The minimum atomic E-state index is -0.199. The molecular weight excluding hydrogens is 242 g/mol. The molecule has 0 radical (unpaired) electrons. The highest BCUT2D eigenvalue weighted by Gasteiger charge is 2.16. The number of rotatable bonds is 4. The Morgan fingerprint density at radius 2 is 2.26 bits per heavy atom. The van der Waals surface area contributed by atoms with Gasteiger partial charge in [-0.15, -0.1) is 0 Å². The number of hydrogen-bond donors (Lipinski definition) is 1. The van der Waals surface area contributed by atoms with E-state index in [0.717, 1.165) is 17.7 Å². The van der Waals surface area contributed by atoms with Crippen LogP contribution in [-0.2, 0) is 0 Å². The largest absolute Gasteiger partial charge is 0.496 e. The Bertz CT molecular complexity index is 537. The fraction of sp³-hybridized carbons (Fsp3) is 0.286. The van der Waals surface area contributed by atoms with Crippen molar-refractivity contribution in [2.75, 3.05) is 7.11 Å². The van der Waals surface area contributed by atoms with Crippen LogP contribution in [0.5, 0.6) is 5.75 Å². The van der Waals surface area contributed by atoms with Crippen molar-refractivity contribution < 1.29 is 9.53 Å². The van der Waals surface area contributed by atoms with Crippen LogP contribution >= 0.6 is 0 Å². The Labute approximate surface area is 112 Å². The number of nitrogens with one attached hydrogen (secondary N) is 1. The molecule has 1 atom stereocenters. The van der Waals surface area contributed by atoms with E-state index in [4.69, 9.17) is 4.74 Å². The number of imidazole rings is 1. The first kappa shape index (κ1) is 13.1. The molecule has 1 unspecified atom stereocenters. The van der Waals surface area contributed by atoms with Crippen LogP contribution in [0.25, 0.3) is 0 Å². The van der Waals surface area contributed by atoms with Gasteiger partial charge in [0.1, 0.15) is 12.1 Å². The van der Waals surface area contributed by atoms with Crippen molar-refractivity contribution in [2.45, 2.75) is 19.4 Å². The van der Waals surface area contributed by atoms with E-state index in [1.54, 1.807) is 19.5 Å². The summed E-state index contributed by atoms with van der Waals surface area (Å²) in [6.45, 7) is 2.02. The van der Waals surface area contributed by atoms with E-state index in [1.807, 2.05) is 31.2 Å². The summed E-state index contributed by atoms with van der Waals surface area (Å²) in [5.74, 6) is 0.778. The number of nitrogens with zero attached hydrogens (tertiary/aromatic N) is 2. The van der Waals surface area contributed by atoms with Crippen molar-refractivity contribution in [3.63, 3.8) is 0 Å². The van der Waals surface area contributed by atoms with Crippen LogP contribution in [0.2, 0.25) is 0 Å². The second-order valence-corrected chi connectivity index (χ2v) is 4.12. The second-order valence-electron chi connectivity index (χ2n) is 4.12. The van der Waals surface area contributed by atoms with Crippen molar-refractivity contribution >= 4 is 6.03 Å². The Hall–Kier alpha value is -2.30. The smallest absolute Gasteiger partial charge is 0.327 e. The lowest BCUT2D eigenvalue weighted by Gasteiger charge is -2.19. The Morgan fingerprint density at radius 1 is 1.47 bits per heavy atom. The molecule has 0 saturated carbocycles. The molecule has 5 heteroatoms. The zero-order valence-corrected chi connectivity index (χ0v) is 11.0. The summed E-state index contributed by atoms with van der Waals surface area (Å²) >= 11 is 0. The van der Waals surface area contributed by atoms with E-state index in [9.17, 15) is 4.79 Å². The molecule has 2 aromatic rings. The number of carbonyl (C=O) groups excluding carboxylic acids is 1. The number of aromatic nitrogens is 2. The molecule has 0 saturated heterocycles. The summed E-state index contributed by atoms with van der Waals surface area (Å²) in [6.07, 6.45) is 5.44. The average Bonchev–Trinajstić information content (AvgIpc) is 2.98. The van der Waals surface area contributed by atoms with E-state index >= 15 is 0 Å². The summed E-state index contributed by atoms with van der Waals surface area (Å²) < 4.78 is 6.74. The molecule has 1 heterocycles. The minimum Gasteiger partial charge on any atom is -0.496 e. The SMILES string of the molecule is CCC(NC(=O)n1ccnc1)c1ccccc1OC. The highest BCUT2D eigenvalue weighted by atomic mass is 16.5. The third kappa shape index (κ3) is 2.93. The van der Waals surface area contributed by atoms with Crippen LogP contribution in [0.15, 0.2) is 43.0 Å². The highest BCUT2D eigenvalue weighted by Crippen LogP contribution is 2.26. The molecule has 0 bridgehead atoms. The molecule has 0 aliphatic heterocycles. The van der Waals surface area contributed by atoms with Gasteiger partial charge in [-0.1, -0.05) is 25.1 Å². The summed E-state index contributed by atoms with van der Waals surface area (Å²) in [5.41, 5.74) is 0.973. The van der Waals surface area contributed by atoms with E-state index in [-0.39, 0.29) is 12.1 Å². The molecule has 19 heavy (non-hydrogen) atoms. The fourth-order valence-electron chi connectivity index (χ4n) is 1.96. The molecule has 0 aliphatic rings. The van der Waals surface area contributed by atoms with Crippen molar-refractivity contribution in [1.82, 2.24) is 14.9 Å². The number of benzene rings is 1. The van der Waals surface area contributed by atoms with Crippen LogP contribution < -0.4 is 10.1 Å². The second kappa shape index (κ2) is 6.04.